The van der Waals surface area contributed by atoms with Crippen LogP contribution in [0.1, 0.15) is 0 Å². The van der Waals surface area contributed by atoms with Gasteiger partial charge in [-0.2, -0.15) is 0 Å². The van der Waals surface area contributed by atoms with E-state index in [1.165, 1.54) is 16.2 Å². The van der Waals surface area contributed by atoms with E-state index >= 15 is 0 Å². The van der Waals surface area contributed by atoms with Gasteiger partial charge in [0.05, 0.1) is 11.2 Å². The van der Waals surface area contributed by atoms with Crippen molar-refractivity contribution in [1.29, 1.82) is 0 Å². The Bertz CT molecular complexity index is 2910. The van der Waals surface area contributed by atoms with Gasteiger partial charge in [-0.1, -0.05) is 146 Å². The number of nitrogens with zero attached hydrogens (tertiary/aromatic N) is 5. The number of pyridine rings is 1. The second kappa shape index (κ2) is 13.8. The summed E-state index contributed by atoms with van der Waals surface area (Å²) in [6.07, 6.45) is 3.71. The average Bonchev–Trinajstić information content (AvgIpc) is 3.68. The summed E-state index contributed by atoms with van der Waals surface area (Å²) in [6.45, 7) is 0. The van der Waals surface area contributed by atoms with Gasteiger partial charge in [-0.25, -0.2) is 15.0 Å². The molecule has 0 bridgehead atoms. The summed E-state index contributed by atoms with van der Waals surface area (Å²) < 4.78 is 2.35. The van der Waals surface area contributed by atoms with Crippen molar-refractivity contribution < 1.29 is 0 Å². The van der Waals surface area contributed by atoms with E-state index in [2.05, 4.69) is 137 Å². The molecule has 7 aromatic carbocycles. The van der Waals surface area contributed by atoms with E-state index in [9.17, 15) is 0 Å². The van der Waals surface area contributed by atoms with E-state index in [0.29, 0.717) is 17.5 Å². The Balaban J connectivity index is 1.04. The largest absolute Gasteiger partial charge is 0.309 e. The highest BCUT2D eigenvalue weighted by Gasteiger charge is 2.16. The number of rotatable bonds is 7. The summed E-state index contributed by atoms with van der Waals surface area (Å²) in [7, 11) is 0. The number of fused-ring (bicyclic) bond motifs is 3. The van der Waals surface area contributed by atoms with E-state index in [0.717, 1.165) is 61.4 Å². The van der Waals surface area contributed by atoms with Crippen LogP contribution >= 0.6 is 0 Å². The van der Waals surface area contributed by atoms with Gasteiger partial charge in [0.25, 0.3) is 0 Å². The molecule has 3 aromatic heterocycles. The predicted octanol–water partition coefficient (Wildman–Crippen LogP) is 12.4. The molecule has 258 valence electrons. The summed E-state index contributed by atoms with van der Waals surface area (Å²) in [5.41, 5.74) is 11.8. The molecule has 0 fully saturated rings. The van der Waals surface area contributed by atoms with Crippen LogP contribution in [-0.2, 0) is 0 Å². The quantitative estimate of drug-likeness (QED) is 0.166. The number of aromatic nitrogens is 5. The van der Waals surface area contributed by atoms with Gasteiger partial charge in [-0.3, -0.25) is 4.98 Å². The molecule has 10 rings (SSSR count). The van der Waals surface area contributed by atoms with Crippen LogP contribution in [0.5, 0.6) is 0 Å². The van der Waals surface area contributed by atoms with E-state index in [4.69, 9.17) is 15.0 Å². The van der Waals surface area contributed by atoms with Crippen molar-refractivity contribution in [3.8, 4) is 73.4 Å². The van der Waals surface area contributed by atoms with Crippen molar-refractivity contribution in [3.05, 3.63) is 200 Å². The monoisotopic (exact) mass is 703 g/mol. The predicted molar refractivity (Wildman–Crippen MR) is 225 cm³/mol. The molecule has 0 saturated carbocycles. The van der Waals surface area contributed by atoms with E-state index in [1.54, 1.807) is 0 Å². The molecule has 0 atom stereocenters. The summed E-state index contributed by atoms with van der Waals surface area (Å²) in [4.78, 5) is 19.1. The zero-order valence-electron chi connectivity index (χ0n) is 29.8. The maximum absolute atomic E-state index is 4.97. The molecule has 0 N–H and O–H groups in total. The van der Waals surface area contributed by atoms with Crippen molar-refractivity contribution in [1.82, 2.24) is 24.5 Å². The molecule has 0 aliphatic heterocycles. The van der Waals surface area contributed by atoms with Crippen LogP contribution in [-0.4, -0.2) is 24.5 Å². The minimum absolute atomic E-state index is 0.635. The molecule has 10 aromatic rings. The van der Waals surface area contributed by atoms with Gasteiger partial charge in [0.15, 0.2) is 17.5 Å². The van der Waals surface area contributed by atoms with Gasteiger partial charge < -0.3 is 4.57 Å². The third-order valence-electron chi connectivity index (χ3n) is 10.1. The van der Waals surface area contributed by atoms with Crippen molar-refractivity contribution in [2.75, 3.05) is 0 Å². The van der Waals surface area contributed by atoms with Gasteiger partial charge in [-0.05, 0) is 81.1 Å². The summed E-state index contributed by atoms with van der Waals surface area (Å²) in [5, 5.41) is 3.69. The highest BCUT2D eigenvalue weighted by molar-refractivity contribution is 6.09. The topological polar surface area (TPSA) is 56.5 Å². The lowest BCUT2D eigenvalue weighted by Crippen LogP contribution is -2.00. The SMILES string of the molecule is c1ccc(-c2nc(-c3ccccc3)nc(-c3cccc(-c4cccc(-c5cccc(-c6cc7c8ccccc8ccc7n6-c6ccncc6)c5)c4)c3)n2)cc1. The Morgan fingerprint density at radius 3 is 1.42 bits per heavy atom. The zero-order chi connectivity index (χ0) is 36.6. The number of hydrogen-bond donors (Lipinski definition) is 0. The van der Waals surface area contributed by atoms with E-state index in [1.807, 2.05) is 73.1 Å². The Morgan fingerprint density at radius 2 is 0.800 bits per heavy atom. The van der Waals surface area contributed by atoms with Crippen LogP contribution in [0.15, 0.2) is 200 Å². The molecule has 5 heteroatoms. The second-order valence-electron chi connectivity index (χ2n) is 13.6. The highest BCUT2D eigenvalue weighted by Crippen LogP contribution is 2.37. The second-order valence-corrected chi connectivity index (χ2v) is 13.6. The molecule has 55 heavy (non-hydrogen) atoms. The third kappa shape index (κ3) is 6.14. The van der Waals surface area contributed by atoms with Gasteiger partial charge in [0.1, 0.15) is 0 Å². The first kappa shape index (κ1) is 32.2. The molecular weight excluding hydrogens is 671 g/mol. The normalized spacial score (nSPS) is 11.3. The molecule has 3 heterocycles. The Labute approximate surface area is 318 Å². The first-order chi connectivity index (χ1) is 27.2. The molecule has 0 unspecified atom stereocenters. The van der Waals surface area contributed by atoms with Crippen LogP contribution in [0, 0.1) is 0 Å². The maximum atomic E-state index is 4.97. The van der Waals surface area contributed by atoms with Crippen LogP contribution in [0.4, 0.5) is 0 Å². The lowest BCUT2D eigenvalue weighted by Gasteiger charge is -2.13. The van der Waals surface area contributed by atoms with Gasteiger partial charge in [-0.15, -0.1) is 0 Å². The Kier molecular flexibility index (Phi) is 8.08. The fraction of sp³-hybridized carbons (Fsp3) is 0. The molecule has 0 spiro atoms. The van der Waals surface area contributed by atoms with Crippen LogP contribution in [0.2, 0.25) is 0 Å². The van der Waals surface area contributed by atoms with Gasteiger partial charge in [0, 0.05) is 40.2 Å². The van der Waals surface area contributed by atoms with Crippen LogP contribution in [0.3, 0.4) is 0 Å². The van der Waals surface area contributed by atoms with Crippen LogP contribution in [0.25, 0.3) is 95.0 Å². The maximum Gasteiger partial charge on any atom is 0.164 e. The molecule has 0 aliphatic rings. The standard InChI is InChI=1S/C50H33N5/c1-3-13-35(14-4-1)48-52-49(36-15-5-2-6-16-36)54-50(53-48)42-22-11-20-40(32-42)38-18-9-17-37(30-38)39-19-10-21-41(31-39)47-33-45-44-23-8-7-12-34(44)24-25-46(45)55(47)43-26-28-51-29-27-43/h1-33H. The summed E-state index contributed by atoms with van der Waals surface area (Å²) in [6, 6.07) is 65.7. The molecule has 0 radical (unpaired) electrons. The molecule has 0 amide bonds. The number of hydrogen-bond acceptors (Lipinski definition) is 4. The fourth-order valence-corrected chi connectivity index (χ4v) is 7.46. The third-order valence-corrected chi connectivity index (χ3v) is 10.1. The lowest BCUT2D eigenvalue weighted by atomic mass is 9.96. The van der Waals surface area contributed by atoms with Crippen LogP contribution < -0.4 is 0 Å². The lowest BCUT2D eigenvalue weighted by molar-refractivity contribution is 1.07. The van der Waals surface area contributed by atoms with Gasteiger partial charge >= 0.3 is 0 Å². The van der Waals surface area contributed by atoms with Crippen molar-refractivity contribution in [2.24, 2.45) is 0 Å². The van der Waals surface area contributed by atoms with Crippen molar-refractivity contribution in [2.45, 2.75) is 0 Å². The summed E-state index contributed by atoms with van der Waals surface area (Å²) >= 11 is 0. The minimum Gasteiger partial charge on any atom is -0.309 e. The highest BCUT2D eigenvalue weighted by atomic mass is 15.0. The molecule has 0 aliphatic carbocycles. The first-order valence-corrected chi connectivity index (χ1v) is 18.4. The van der Waals surface area contributed by atoms with E-state index < -0.39 is 0 Å². The Morgan fingerprint density at radius 1 is 0.327 bits per heavy atom. The van der Waals surface area contributed by atoms with Gasteiger partial charge in [0.2, 0.25) is 0 Å². The minimum atomic E-state index is 0.635. The first-order valence-electron chi connectivity index (χ1n) is 18.4. The molecule has 0 saturated heterocycles. The Hall–Kier alpha value is -7.50. The average molecular weight is 704 g/mol. The molecular formula is C50H33N5. The van der Waals surface area contributed by atoms with Crippen molar-refractivity contribution in [3.63, 3.8) is 0 Å². The van der Waals surface area contributed by atoms with Crippen molar-refractivity contribution >= 4 is 21.7 Å². The fourth-order valence-electron chi connectivity index (χ4n) is 7.46. The molecule has 5 nitrogen and oxygen atoms in total. The summed E-state index contributed by atoms with van der Waals surface area (Å²) in [5.74, 6) is 1.93. The smallest absolute Gasteiger partial charge is 0.164 e. The number of benzene rings is 7. The zero-order valence-corrected chi connectivity index (χ0v) is 29.8. The van der Waals surface area contributed by atoms with E-state index in [-0.39, 0.29) is 0 Å².